The number of thiol groups is 1. The van der Waals surface area contributed by atoms with Crippen molar-refractivity contribution >= 4 is 29.4 Å². The van der Waals surface area contributed by atoms with Gasteiger partial charge in [-0.1, -0.05) is 12.1 Å². The molecule has 0 bridgehead atoms. The molecule has 1 saturated heterocycles. The van der Waals surface area contributed by atoms with Gasteiger partial charge in [0.15, 0.2) is 0 Å². The third kappa shape index (κ3) is 2.20. The summed E-state index contributed by atoms with van der Waals surface area (Å²) in [6.45, 7) is 1.41. The minimum atomic E-state index is 0.180. The van der Waals surface area contributed by atoms with E-state index < -0.39 is 0 Å². The van der Waals surface area contributed by atoms with Crippen molar-refractivity contribution in [2.45, 2.75) is 18.2 Å². The Hall–Kier alpha value is -1.55. The van der Waals surface area contributed by atoms with Crippen LogP contribution in [0.1, 0.15) is 12.0 Å². The summed E-state index contributed by atoms with van der Waals surface area (Å²) in [5.41, 5.74) is 2.13. The first-order valence-electron chi connectivity index (χ1n) is 6.02. The molecule has 0 radical (unpaired) electrons. The summed E-state index contributed by atoms with van der Waals surface area (Å²) < 4.78 is 0. The van der Waals surface area contributed by atoms with Crippen LogP contribution in [0, 0.1) is 0 Å². The van der Waals surface area contributed by atoms with Crippen molar-refractivity contribution in [2.75, 3.05) is 6.54 Å². The van der Waals surface area contributed by atoms with Gasteiger partial charge in [-0.25, -0.2) is 0 Å². The van der Waals surface area contributed by atoms with Crippen LogP contribution in [-0.2, 0) is 11.3 Å². The topological polar surface area (TPSA) is 33.2 Å². The quantitative estimate of drug-likeness (QED) is 0.838. The zero-order valence-corrected chi connectivity index (χ0v) is 10.8. The second kappa shape index (κ2) is 4.61. The highest BCUT2D eigenvalue weighted by Crippen LogP contribution is 2.20. The molecule has 1 unspecified atom stereocenters. The molecule has 2 aromatic rings. The van der Waals surface area contributed by atoms with Crippen LogP contribution in [0.25, 0.3) is 10.9 Å². The highest BCUT2D eigenvalue weighted by Gasteiger charge is 2.26. The molecule has 2 heterocycles. The molecule has 0 saturated carbocycles. The van der Waals surface area contributed by atoms with Crippen molar-refractivity contribution in [2.24, 2.45) is 0 Å². The zero-order chi connectivity index (χ0) is 12.5. The standard InChI is InChI=1S/C14H14N2OS/c17-14-7-12(18)9-16(14)8-10-3-4-13-11(6-10)2-1-5-15-13/h1-6,12,18H,7-9H2. The van der Waals surface area contributed by atoms with E-state index in [1.807, 2.05) is 29.2 Å². The van der Waals surface area contributed by atoms with Gasteiger partial charge < -0.3 is 4.90 Å². The normalized spacial score (nSPS) is 19.7. The predicted molar refractivity (Wildman–Crippen MR) is 74.6 cm³/mol. The van der Waals surface area contributed by atoms with Crippen LogP contribution in [0.4, 0.5) is 0 Å². The average Bonchev–Trinajstić information content (AvgIpc) is 2.68. The Morgan fingerprint density at radius 2 is 2.28 bits per heavy atom. The molecule has 18 heavy (non-hydrogen) atoms. The lowest BCUT2D eigenvalue weighted by Crippen LogP contribution is -2.24. The van der Waals surface area contributed by atoms with Gasteiger partial charge in [-0.2, -0.15) is 12.6 Å². The Kier molecular flexibility index (Phi) is 2.96. The van der Waals surface area contributed by atoms with Crippen LogP contribution in [0.15, 0.2) is 36.5 Å². The number of carbonyl (C=O) groups is 1. The predicted octanol–water partition coefficient (Wildman–Crippen LogP) is 2.27. The number of fused-ring (bicyclic) bond motifs is 1. The van der Waals surface area contributed by atoms with Gasteiger partial charge in [0.2, 0.25) is 5.91 Å². The lowest BCUT2D eigenvalue weighted by Gasteiger charge is -2.16. The van der Waals surface area contributed by atoms with Crippen LogP contribution in [0.3, 0.4) is 0 Å². The van der Waals surface area contributed by atoms with E-state index in [9.17, 15) is 4.79 Å². The van der Waals surface area contributed by atoms with E-state index in [4.69, 9.17) is 0 Å². The SMILES string of the molecule is O=C1CC(S)CN1Cc1ccc2ncccc2c1. The number of benzene rings is 1. The van der Waals surface area contributed by atoms with Gasteiger partial charge in [0.1, 0.15) is 0 Å². The fourth-order valence-electron chi connectivity index (χ4n) is 2.35. The molecule has 92 valence electrons. The first-order valence-corrected chi connectivity index (χ1v) is 6.53. The third-order valence-electron chi connectivity index (χ3n) is 3.23. The van der Waals surface area contributed by atoms with Gasteiger partial charge in [-0.3, -0.25) is 9.78 Å². The number of hydrogen-bond donors (Lipinski definition) is 1. The molecule has 1 aliphatic heterocycles. The maximum absolute atomic E-state index is 11.7. The maximum Gasteiger partial charge on any atom is 0.224 e. The minimum Gasteiger partial charge on any atom is -0.337 e. The number of likely N-dealkylation sites (tertiary alicyclic amines) is 1. The fraction of sp³-hybridized carbons (Fsp3) is 0.286. The summed E-state index contributed by atoms with van der Waals surface area (Å²) in [4.78, 5) is 17.9. The van der Waals surface area contributed by atoms with Gasteiger partial charge in [0, 0.05) is 36.3 Å². The van der Waals surface area contributed by atoms with E-state index in [1.54, 1.807) is 6.20 Å². The van der Waals surface area contributed by atoms with E-state index >= 15 is 0 Å². The highest BCUT2D eigenvalue weighted by molar-refractivity contribution is 7.81. The molecule has 4 heteroatoms. The molecule has 1 fully saturated rings. The number of amides is 1. The average molecular weight is 258 g/mol. The number of aromatic nitrogens is 1. The van der Waals surface area contributed by atoms with Crippen LogP contribution in [-0.4, -0.2) is 27.6 Å². The molecule has 0 N–H and O–H groups in total. The largest absolute Gasteiger partial charge is 0.337 e. The Balaban J connectivity index is 1.84. The lowest BCUT2D eigenvalue weighted by atomic mass is 10.1. The summed E-state index contributed by atoms with van der Waals surface area (Å²) in [5, 5.41) is 1.30. The molecule has 0 aliphatic carbocycles. The van der Waals surface area contributed by atoms with Gasteiger partial charge in [0.05, 0.1) is 5.52 Å². The van der Waals surface area contributed by atoms with Crippen LogP contribution in [0.2, 0.25) is 0 Å². The number of rotatable bonds is 2. The summed E-state index contributed by atoms with van der Waals surface area (Å²) in [5.74, 6) is 0.196. The lowest BCUT2D eigenvalue weighted by molar-refractivity contribution is -0.128. The molecular formula is C14H14N2OS. The second-order valence-corrected chi connectivity index (χ2v) is 5.39. The molecule has 0 spiro atoms. The first kappa shape index (κ1) is 11.5. The molecule has 3 rings (SSSR count). The van der Waals surface area contributed by atoms with E-state index in [-0.39, 0.29) is 11.2 Å². The van der Waals surface area contributed by atoms with E-state index in [1.165, 1.54) is 0 Å². The molecule has 1 atom stereocenters. The Labute approximate surface area is 111 Å². The van der Waals surface area contributed by atoms with Crippen molar-refractivity contribution in [3.8, 4) is 0 Å². The summed E-state index contributed by atoms with van der Waals surface area (Å²) in [6, 6.07) is 10.1. The summed E-state index contributed by atoms with van der Waals surface area (Å²) in [6.07, 6.45) is 2.34. The van der Waals surface area contributed by atoms with Gasteiger partial charge in [0.25, 0.3) is 0 Å². The van der Waals surface area contributed by atoms with Crippen molar-refractivity contribution in [1.82, 2.24) is 9.88 Å². The molecule has 1 aromatic carbocycles. The monoisotopic (exact) mass is 258 g/mol. The van der Waals surface area contributed by atoms with E-state index in [0.29, 0.717) is 13.0 Å². The zero-order valence-electron chi connectivity index (χ0n) is 9.91. The second-order valence-electron chi connectivity index (χ2n) is 4.66. The van der Waals surface area contributed by atoms with E-state index in [0.717, 1.165) is 23.0 Å². The third-order valence-corrected chi connectivity index (χ3v) is 3.58. The number of hydrogen-bond acceptors (Lipinski definition) is 3. The molecular weight excluding hydrogens is 244 g/mol. The summed E-state index contributed by atoms with van der Waals surface area (Å²) in [7, 11) is 0. The highest BCUT2D eigenvalue weighted by atomic mass is 32.1. The number of nitrogens with zero attached hydrogens (tertiary/aromatic N) is 2. The van der Waals surface area contributed by atoms with Gasteiger partial charge in [-0.15, -0.1) is 0 Å². The molecule has 1 amide bonds. The van der Waals surface area contributed by atoms with Crippen molar-refractivity contribution < 1.29 is 4.79 Å². The number of carbonyl (C=O) groups excluding carboxylic acids is 1. The molecule has 1 aliphatic rings. The smallest absolute Gasteiger partial charge is 0.224 e. The van der Waals surface area contributed by atoms with Crippen LogP contribution in [0.5, 0.6) is 0 Å². The fourth-order valence-corrected chi connectivity index (χ4v) is 2.70. The van der Waals surface area contributed by atoms with Gasteiger partial charge in [-0.05, 0) is 23.8 Å². The Bertz CT molecular complexity index is 599. The summed E-state index contributed by atoms with van der Waals surface area (Å²) >= 11 is 4.36. The van der Waals surface area contributed by atoms with E-state index in [2.05, 4.69) is 23.7 Å². The van der Waals surface area contributed by atoms with Crippen LogP contribution < -0.4 is 0 Å². The molecule has 1 aromatic heterocycles. The Morgan fingerprint density at radius 1 is 1.39 bits per heavy atom. The molecule has 3 nitrogen and oxygen atoms in total. The maximum atomic E-state index is 11.7. The minimum absolute atomic E-state index is 0.180. The van der Waals surface area contributed by atoms with Crippen molar-refractivity contribution in [1.29, 1.82) is 0 Å². The van der Waals surface area contributed by atoms with Crippen molar-refractivity contribution in [3.63, 3.8) is 0 Å². The van der Waals surface area contributed by atoms with Crippen LogP contribution >= 0.6 is 12.6 Å². The van der Waals surface area contributed by atoms with Gasteiger partial charge >= 0.3 is 0 Å². The first-order chi connectivity index (χ1) is 8.72. The number of pyridine rings is 1. The van der Waals surface area contributed by atoms with Crippen molar-refractivity contribution in [3.05, 3.63) is 42.1 Å². The Morgan fingerprint density at radius 3 is 3.06 bits per heavy atom.